The molecule has 0 spiro atoms. The lowest BCUT2D eigenvalue weighted by Gasteiger charge is -2.34. The highest BCUT2D eigenvalue weighted by Gasteiger charge is 2.27. The fraction of sp³-hybridized carbons (Fsp3) is 0.786. The van der Waals surface area contributed by atoms with Crippen LogP contribution < -0.4 is 5.32 Å². The van der Waals surface area contributed by atoms with Crippen molar-refractivity contribution in [3.63, 3.8) is 0 Å². The summed E-state index contributed by atoms with van der Waals surface area (Å²) in [7, 11) is 0. The molecule has 1 aliphatic rings. The lowest BCUT2D eigenvalue weighted by Crippen LogP contribution is -2.48. The second kappa shape index (κ2) is 5.41. The fourth-order valence-corrected chi connectivity index (χ4v) is 2.48. The topological polar surface area (TPSA) is 44.0 Å². The van der Waals surface area contributed by atoms with Gasteiger partial charge in [-0.25, -0.2) is 4.98 Å². The third-order valence-electron chi connectivity index (χ3n) is 3.69. The van der Waals surface area contributed by atoms with Crippen molar-refractivity contribution in [2.24, 2.45) is 0 Å². The smallest absolute Gasteiger partial charge is 0.113 e. The molecule has 0 radical (unpaired) electrons. The molecule has 2 heterocycles. The largest absolute Gasteiger partial charge is 0.345 e. The van der Waals surface area contributed by atoms with Gasteiger partial charge in [-0.3, -0.25) is 4.90 Å². The molecule has 0 aromatic carbocycles. The van der Waals surface area contributed by atoms with Crippen molar-refractivity contribution in [3.05, 3.63) is 17.7 Å². The van der Waals surface area contributed by atoms with Crippen LogP contribution >= 0.6 is 0 Å². The molecule has 0 amide bonds. The van der Waals surface area contributed by atoms with Crippen molar-refractivity contribution in [2.75, 3.05) is 32.7 Å². The summed E-state index contributed by atoms with van der Waals surface area (Å²) in [6, 6.07) is 0. The van der Waals surface area contributed by atoms with Crippen LogP contribution in [0.5, 0.6) is 0 Å². The van der Waals surface area contributed by atoms with Crippen LogP contribution in [0.2, 0.25) is 0 Å². The summed E-state index contributed by atoms with van der Waals surface area (Å²) in [6.07, 6.45) is 1.99. The Morgan fingerprint density at radius 1 is 1.33 bits per heavy atom. The van der Waals surface area contributed by atoms with E-state index in [0.29, 0.717) is 5.92 Å². The second-order valence-corrected chi connectivity index (χ2v) is 6.25. The lowest BCUT2D eigenvalue weighted by molar-refractivity contribution is 0.196. The molecule has 0 atom stereocenters. The van der Waals surface area contributed by atoms with Crippen LogP contribution in [0.25, 0.3) is 0 Å². The maximum absolute atomic E-state index is 4.58. The van der Waals surface area contributed by atoms with Crippen molar-refractivity contribution in [1.29, 1.82) is 0 Å². The van der Waals surface area contributed by atoms with Crippen molar-refractivity contribution in [3.8, 4) is 0 Å². The van der Waals surface area contributed by atoms with Crippen LogP contribution in [-0.4, -0.2) is 47.6 Å². The number of rotatable bonds is 4. The summed E-state index contributed by atoms with van der Waals surface area (Å²) < 4.78 is 0. The van der Waals surface area contributed by atoms with Crippen molar-refractivity contribution >= 4 is 0 Å². The van der Waals surface area contributed by atoms with Crippen LogP contribution in [-0.2, 0) is 5.41 Å². The summed E-state index contributed by atoms with van der Waals surface area (Å²) in [4.78, 5) is 10.6. The van der Waals surface area contributed by atoms with Gasteiger partial charge in [-0.1, -0.05) is 27.7 Å². The molecule has 1 aliphatic heterocycles. The Labute approximate surface area is 110 Å². The van der Waals surface area contributed by atoms with Gasteiger partial charge in [0.05, 0.1) is 0 Å². The minimum absolute atomic E-state index is 0.0878. The van der Waals surface area contributed by atoms with E-state index in [1.807, 2.05) is 6.20 Å². The van der Waals surface area contributed by atoms with Crippen LogP contribution in [0.1, 0.15) is 45.1 Å². The van der Waals surface area contributed by atoms with E-state index in [-0.39, 0.29) is 5.41 Å². The van der Waals surface area contributed by atoms with E-state index in [2.05, 4.69) is 47.9 Å². The molecule has 1 saturated heterocycles. The molecular weight excluding hydrogens is 224 g/mol. The van der Waals surface area contributed by atoms with Crippen LogP contribution in [0.3, 0.4) is 0 Å². The Kier molecular flexibility index (Phi) is 4.07. The Balaban J connectivity index is 2.03. The maximum Gasteiger partial charge on any atom is 0.113 e. The molecule has 4 heteroatoms. The van der Waals surface area contributed by atoms with E-state index in [1.165, 1.54) is 5.69 Å². The van der Waals surface area contributed by atoms with Crippen molar-refractivity contribution in [1.82, 2.24) is 20.2 Å². The first-order chi connectivity index (χ1) is 8.49. The quantitative estimate of drug-likeness (QED) is 0.855. The van der Waals surface area contributed by atoms with E-state index in [0.717, 1.165) is 38.5 Å². The van der Waals surface area contributed by atoms with Crippen LogP contribution in [0.4, 0.5) is 0 Å². The van der Waals surface area contributed by atoms with Gasteiger partial charge in [-0.05, 0) is 5.92 Å². The highest BCUT2D eigenvalue weighted by atomic mass is 15.2. The van der Waals surface area contributed by atoms with E-state index in [4.69, 9.17) is 0 Å². The molecule has 102 valence electrons. The van der Waals surface area contributed by atoms with Crippen molar-refractivity contribution in [2.45, 2.75) is 39.0 Å². The minimum atomic E-state index is 0.0878. The molecule has 2 rings (SSSR count). The number of hydrogen-bond donors (Lipinski definition) is 2. The Hall–Kier alpha value is -0.870. The molecule has 0 saturated carbocycles. The Morgan fingerprint density at radius 3 is 2.56 bits per heavy atom. The highest BCUT2D eigenvalue weighted by Crippen LogP contribution is 2.23. The Bertz CT molecular complexity index is 375. The minimum Gasteiger partial charge on any atom is -0.345 e. The summed E-state index contributed by atoms with van der Waals surface area (Å²) in [5, 5.41) is 3.39. The normalized spacial score (nSPS) is 18.5. The van der Waals surface area contributed by atoms with Gasteiger partial charge in [0, 0.05) is 50.0 Å². The molecule has 0 bridgehead atoms. The predicted molar refractivity (Wildman–Crippen MR) is 75.0 cm³/mol. The zero-order valence-corrected chi connectivity index (χ0v) is 12.1. The summed E-state index contributed by atoms with van der Waals surface area (Å²) in [5.41, 5.74) is 1.32. The van der Waals surface area contributed by atoms with Gasteiger partial charge in [0.2, 0.25) is 0 Å². The lowest BCUT2D eigenvalue weighted by atomic mass is 9.91. The first kappa shape index (κ1) is 13.6. The van der Waals surface area contributed by atoms with Gasteiger partial charge < -0.3 is 10.3 Å². The standard InChI is InChI=1S/C14H26N4/c1-11(2)12-9-16-13(17-12)14(3,4)10-18-7-5-15-6-8-18/h9,11,15H,5-8,10H2,1-4H3,(H,16,17). The molecule has 4 nitrogen and oxygen atoms in total. The number of H-pyrrole nitrogens is 1. The zero-order valence-electron chi connectivity index (χ0n) is 12.1. The summed E-state index contributed by atoms with van der Waals surface area (Å²) in [6.45, 7) is 14.5. The van der Waals surface area contributed by atoms with E-state index < -0.39 is 0 Å². The molecule has 1 fully saturated rings. The van der Waals surface area contributed by atoms with Gasteiger partial charge in [0.25, 0.3) is 0 Å². The molecule has 0 aliphatic carbocycles. The average molecular weight is 250 g/mol. The molecule has 18 heavy (non-hydrogen) atoms. The van der Waals surface area contributed by atoms with Gasteiger partial charge >= 0.3 is 0 Å². The van der Waals surface area contributed by atoms with Crippen LogP contribution in [0, 0.1) is 0 Å². The molecule has 1 aromatic rings. The number of nitrogens with one attached hydrogen (secondary N) is 2. The number of hydrogen-bond acceptors (Lipinski definition) is 3. The number of nitrogens with zero attached hydrogens (tertiary/aromatic N) is 2. The summed E-state index contributed by atoms with van der Waals surface area (Å²) in [5.74, 6) is 1.63. The SMILES string of the molecule is CC(C)c1cnc(C(C)(C)CN2CCNCC2)[nH]1. The van der Waals surface area contributed by atoms with E-state index >= 15 is 0 Å². The van der Waals surface area contributed by atoms with Crippen molar-refractivity contribution < 1.29 is 0 Å². The average Bonchev–Trinajstić information content (AvgIpc) is 2.79. The van der Waals surface area contributed by atoms with E-state index in [1.54, 1.807) is 0 Å². The number of imidazole rings is 1. The number of aromatic amines is 1. The molecular formula is C14H26N4. The second-order valence-electron chi connectivity index (χ2n) is 6.25. The monoisotopic (exact) mass is 250 g/mol. The zero-order chi connectivity index (χ0) is 13.2. The van der Waals surface area contributed by atoms with Gasteiger partial charge in [-0.15, -0.1) is 0 Å². The maximum atomic E-state index is 4.58. The van der Waals surface area contributed by atoms with Gasteiger partial charge in [0.1, 0.15) is 5.82 Å². The molecule has 0 unspecified atom stereocenters. The molecule has 1 aromatic heterocycles. The Morgan fingerprint density at radius 2 is 2.00 bits per heavy atom. The van der Waals surface area contributed by atoms with Gasteiger partial charge in [0.15, 0.2) is 0 Å². The number of piperazine rings is 1. The third-order valence-corrected chi connectivity index (χ3v) is 3.69. The van der Waals surface area contributed by atoms with Gasteiger partial charge in [-0.2, -0.15) is 0 Å². The first-order valence-corrected chi connectivity index (χ1v) is 6.97. The molecule has 2 N–H and O–H groups in total. The van der Waals surface area contributed by atoms with Crippen LogP contribution in [0.15, 0.2) is 6.20 Å². The van der Waals surface area contributed by atoms with E-state index in [9.17, 15) is 0 Å². The highest BCUT2D eigenvalue weighted by molar-refractivity contribution is 5.13. The summed E-state index contributed by atoms with van der Waals surface area (Å²) >= 11 is 0. The number of aromatic nitrogens is 2. The first-order valence-electron chi connectivity index (χ1n) is 6.97. The fourth-order valence-electron chi connectivity index (χ4n) is 2.48. The third kappa shape index (κ3) is 3.12. The predicted octanol–water partition coefficient (Wildman–Crippen LogP) is 1.72.